The number of carbonyl (C=O) groups excluding carboxylic acids is 2. The van der Waals surface area contributed by atoms with Crippen LogP contribution in [-0.2, 0) is 18.8 Å². The van der Waals surface area contributed by atoms with E-state index in [1.54, 1.807) is 42.5 Å². The molecule has 3 rings (SSSR count). The number of benzene rings is 2. The van der Waals surface area contributed by atoms with E-state index in [4.69, 9.17) is 14.0 Å². The summed E-state index contributed by atoms with van der Waals surface area (Å²) in [5, 5.41) is 3.16. The van der Waals surface area contributed by atoms with Crippen LogP contribution in [0.2, 0.25) is 0 Å². The Labute approximate surface area is 220 Å². The molecular formula is C27H31FNO6PS. The molecule has 0 radical (unpaired) electrons. The van der Waals surface area contributed by atoms with Crippen molar-refractivity contribution in [1.82, 2.24) is 5.09 Å². The van der Waals surface area contributed by atoms with Gasteiger partial charge < -0.3 is 14.0 Å². The Morgan fingerprint density at radius 3 is 2.49 bits per heavy atom. The number of para-hydroxylation sites is 1. The molecule has 0 amide bonds. The van der Waals surface area contributed by atoms with E-state index in [1.165, 1.54) is 36.5 Å². The third-order valence-electron chi connectivity index (χ3n) is 5.01. The average molecular weight is 548 g/mol. The minimum atomic E-state index is -4.35. The van der Waals surface area contributed by atoms with Gasteiger partial charge in [0, 0.05) is 4.70 Å². The van der Waals surface area contributed by atoms with Crippen LogP contribution in [0.25, 0.3) is 10.1 Å². The highest BCUT2D eigenvalue weighted by Crippen LogP contribution is 2.58. The van der Waals surface area contributed by atoms with Gasteiger partial charge in [0.25, 0.3) is 0 Å². The quantitative estimate of drug-likeness (QED) is 0.156. The summed E-state index contributed by atoms with van der Waals surface area (Å²) in [6.07, 6.45) is 1.47. The Balaban J connectivity index is 1.89. The number of ether oxygens (including phenoxy) is 2. The fraction of sp³-hybridized carbons (Fsp3) is 0.333. The molecule has 0 aliphatic rings. The predicted molar refractivity (Wildman–Crippen MR) is 144 cm³/mol. The van der Waals surface area contributed by atoms with Crippen molar-refractivity contribution in [3.05, 3.63) is 77.7 Å². The molecule has 2 unspecified atom stereocenters. The average Bonchev–Trinajstić information content (AvgIpc) is 3.29. The lowest BCUT2D eigenvalue weighted by Crippen LogP contribution is -2.36. The second kappa shape index (κ2) is 12.0. The zero-order valence-electron chi connectivity index (χ0n) is 21.2. The third-order valence-corrected chi connectivity index (χ3v) is 8.23. The summed E-state index contributed by atoms with van der Waals surface area (Å²) in [6, 6.07) is 13.3. The number of carbonyl (C=O) groups is 2. The summed E-state index contributed by atoms with van der Waals surface area (Å²) in [4.78, 5) is 25.1. The highest BCUT2D eigenvalue weighted by Gasteiger charge is 2.41. The Morgan fingerprint density at radius 1 is 1.14 bits per heavy atom. The molecule has 1 aromatic heterocycles. The number of halogens is 1. The first kappa shape index (κ1) is 28.6. The Hall–Kier alpha value is -3.00. The fourth-order valence-electron chi connectivity index (χ4n) is 3.22. The molecule has 37 heavy (non-hydrogen) atoms. The summed E-state index contributed by atoms with van der Waals surface area (Å²) in [5.74, 6) is -3.12. The highest BCUT2D eigenvalue weighted by molar-refractivity contribution is 7.57. The standard InChI is InChI=1S/C27H31FNO6PS/c1-6-14-33-26(31)23-16-20-15-19(12-13-22(20)37-23)24(28)36(32,35-21-10-8-7-9-11-21)29-18(2)25(30)34-17-27(3,4)5/h6-13,15-16,18,24H,1,14,17H2,2-5H3,(H,29,32)/t18-,24?,36?/m0/s1. The topological polar surface area (TPSA) is 90.9 Å². The van der Waals surface area contributed by atoms with E-state index in [0.29, 0.717) is 10.3 Å². The minimum absolute atomic E-state index is 0.0679. The van der Waals surface area contributed by atoms with Gasteiger partial charge in [0.2, 0.25) is 5.91 Å². The number of fused-ring (bicyclic) bond motifs is 1. The van der Waals surface area contributed by atoms with Crippen molar-refractivity contribution in [2.45, 2.75) is 39.6 Å². The molecule has 1 heterocycles. The molecule has 198 valence electrons. The van der Waals surface area contributed by atoms with Crippen molar-refractivity contribution in [3.63, 3.8) is 0 Å². The van der Waals surface area contributed by atoms with Crippen molar-refractivity contribution in [2.24, 2.45) is 5.41 Å². The SMILES string of the molecule is C=CCOC(=O)c1cc2cc(C(F)P(=O)(N[C@@H](C)C(=O)OCC(C)(C)C)Oc3ccccc3)ccc2s1. The smallest absolute Gasteiger partial charge is 0.355 e. The van der Waals surface area contributed by atoms with Crippen LogP contribution in [-0.4, -0.2) is 31.2 Å². The second-order valence-electron chi connectivity index (χ2n) is 9.65. The van der Waals surface area contributed by atoms with Crippen LogP contribution in [0, 0.1) is 5.41 Å². The molecule has 0 aliphatic heterocycles. The Bertz CT molecular complexity index is 1300. The molecule has 7 nitrogen and oxygen atoms in total. The molecule has 3 atom stereocenters. The van der Waals surface area contributed by atoms with E-state index in [-0.39, 0.29) is 29.9 Å². The predicted octanol–water partition coefficient (Wildman–Crippen LogP) is 7.05. The molecular weight excluding hydrogens is 516 g/mol. The normalized spacial score (nSPS) is 14.8. The van der Waals surface area contributed by atoms with Crippen LogP contribution < -0.4 is 9.61 Å². The number of thiophene rings is 1. The van der Waals surface area contributed by atoms with Crippen LogP contribution >= 0.6 is 18.9 Å². The number of hydrogen-bond acceptors (Lipinski definition) is 7. The third kappa shape index (κ3) is 7.74. The summed E-state index contributed by atoms with van der Waals surface area (Å²) in [6.45, 7) is 10.9. The molecule has 10 heteroatoms. The van der Waals surface area contributed by atoms with Crippen LogP contribution in [0.4, 0.5) is 4.39 Å². The van der Waals surface area contributed by atoms with E-state index in [0.717, 1.165) is 4.70 Å². The molecule has 0 saturated heterocycles. The van der Waals surface area contributed by atoms with Crippen molar-refractivity contribution in [1.29, 1.82) is 0 Å². The van der Waals surface area contributed by atoms with E-state index < -0.39 is 31.4 Å². The molecule has 3 aromatic rings. The van der Waals surface area contributed by atoms with Crippen LogP contribution in [0.3, 0.4) is 0 Å². The van der Waals surface area contributed by atoms with Gasteiger partial charge in [0.05, 0.1) is 6.61 Å². The van der Waals surface area contributed by atoms with Crippen molar-refractivity contribution in [2.75, 3.05) is 13.2 Å². The van der Waals surface area contributed by atoms with Gasteiger partial charge in [-0.15, -0.1) is 11.3 Å². The lowest BCUT2D eigenvalue weighted by molar-refractivity contribution is -0.148. The lowest BCUT2D eigenvalue weighted by atomic mass is 9.99. The maximum absolute atomic E-state index is 16.0. The zero-order chi connectivity index (χ0) is 27.2. The highest BCUT2D eigenvalue weighted by atomic mass is 32.1. The molecule has 2 aromatic carbocycles. The largest absolute Gasteiger partial charge is 0.464 e. The summed E-state index contributed by atoms with van der Waals surface area (Å²) in [5.41, 5.74) is -0.201. The molecule has 0 saturated carbocycles. The first-order chi connectivity index (χ1) is 17.4. The zero-order valence-corrected chi connectivity index (χ0v) is 22.9. The van der Waals surface area contributed by atoms with Crippen molar-refractivity contribution >= 4 is 40.9 Å². The summed E-state index contributed by atoms with van der Waals surface area (Å²) in [7, 11) is -4.35. The van der Waals surface area contributed by atoms with E-state index in [9.17, 15) is 14.2 Å². The van der Waals surface area contributed by atoms with Crippen LogP contribution in [0.15, 0.2) is 67.3 Å². The van der Waals surface area contributed by atoms with Crippen LogP contribution in [0.1, 0.15) is 48.8 Å². The molecule has 1 N–H and O–H groups in total. The number of nitrogens with one attached hydrogen (secondary N) is 1. The van der Waals surface area contributed by atoms with Gasteiger partial charge in [0.1, 0.15) is 23.3 Å². The van der Waals surface area contributed by atoms with Gasteiger partial charge in [-0.2, -0.15) is 0 Å². The summed E-state index contributed by atoms with van der Waals surface area (Å²) >= 11 is 1.20. The van der Waals surface area contributed by atoms with E-state index in [1.807, 2.05) is 20.8 Å². The van der Waals surface area contributed by atoms with Crippen LogP contribution in [0.5, 0.6) is 5.75 Å². The van der Waals surface area contributed by atoms with Crippen molar-refractivity contribution in [3.8, 4) is 5.75 Å². The number of esters is 2. The fourth-order valence-corrected chi connectivity index (χ4v) is 6.07. The molecule has 0 spiro atoms. The maximum Gasteiger partial charge on any atom is 0.355 e. The van der Waals surface area contributed by atoms with Gasteiger partial charge in [0.15, 0.2) is 0 Å². The maximum atomic E-state index is 16.0. The van der Waals surface area contributed by atoms with Crippen molar-refractivity contribution < 1.29 is 32.5 Å². The van der Waals surface area contributed by atoms with Gasteiger partial charge in [-0.1, -0.05) is 57.7 Å². The summed E-state index contributed by atoms with van der Waals surface area (Å²) < 4.78 is 46.8. The number of hydrogen-bond donors (Lipinski definition) is 1. The van der Waals surface area contributed by atoms with Gasteiger partial charge in [-0.3, -0.25) is 9.36 Å². The number of alkyl halides is 1. The molecule has 0 bridgehead atoms. The first-order valence-electron chi connectivity index (χ1n) is 11.7. The molecule has 0 aliphatic carbocycles. The van der Waals surface area contributed by atoms with Gasteiger partial charge >= 0.3 is 19.5 Å². The second-order valence-corrected chi connectivity index (χ2v) is 12.8. The molecule has 0 fully saturated rings. The van der Waals surface area contributed by atoms with E-state index >= 15 is 4.39 Å². The first-order valence-corrected chi connectivity index (χ1v) is 14.2. The Morgan fingerprint density at radius 2 is 1.84 bits per heavy atom. The van der Waals surface area contributed by atoms with Gasteiger partial charge in [-0.25, -0.2) is 14.3 Å². The minimum Gasteiger partial charge on any atom is -0.464 e. The van der Waals surface area contributed by atoms with Gasteiger partial charge in [-0.05, 0) is 53.6 Å². The van der Waals surface area contributed by atoms with E-state index in [2.05, 4.69) is 11.7 Å². The number of rotatable bonds is 11. The monoisotopic (exact) mass is 547 g/mol. The lowest BCUT2D eigenvalue weighted by Gasteiger charge is -2.27. The Kier molecular flexibility index (Phi) is 9.29.